The average molecular weight is 281 g/mol. The standard InChI is InChI=1S/C14H13ClO2S/c1-11(12-5-3-2-4-6-12)18(16,17)14-9-7-13(15)8-10-14/h2-11H,1H3. The van der Waals surface area contributed by atoms with Crippen molar-refractivity contribution in [2.75, 3.05) is 0 Å². The van der Waals surface area contributed by atoms with Crippen molar-refractivity contribution in [3.63, 3.8) is 0 Å². The SMILES string of the molecule is CC(c1ccccc1)S(=O)(=O)c1ccc(Cl)cc1. The zero-order chi connectivity index (χ0) is 13.2. The summed E-state index contributed by atoms with van der Waals surface area (Å²) in [5.41, 5.74) is 0.785. The molecule has 1 atom stereocenters. The van der Waals surface area contributed by atoms with E-state index in [9.17, 15) is 8.42 Å². The molecule has 4 heteroatoms. The zero-order valence-electron chi connectivity index (χ0n) is 9.88. The lowest BCUT2D eigenvalue weighted by Crippen LogP contribution is -2.10. The quantitative estimate of drug-likeness (QED) is 0.855. The molecular formula is C14H13ClO2S. The van der Waals surface area contributed by atoms with Crippen molar-refractivity contribution >= 4 is 21.4 Å². The van der Waals surface area contributed by atoms with Gasteiger partial charge in [0.25, 0.3) is 0 Å². The Morgan fingerprint density at radius 3 is 2.06 bits per heavy atom. The second-order valence-electron chi connectivity index (χ2n) is 4.05. The topological polar surface area (TPSA) is 34.1 Å². The molecule has 0 N–H and O–H groups in total. The Labute approximate surface area is 112 Å². The van der Waals surface area contributed by atoms with Gasteiger partial charge in [-0.05, 0) is 36.8 Å². The predicted octanol–water partition coefficient (Wildman–Crippen LogP) is 3.87. The summed E-state index contributed by atoms with van der Waals surface area (Å²) in [7, 11) is -3.37. The molecule has 0 fully saturated rings. The monoisotopic (exact) mass is 280 g/mol. The van der Waals surface area contributed by atoms with Crippen molar-refractivity contribution in [3.05, 3.63) is 65.2 Å². The van der Waals surface area contributed by atoms with Crippen molar-refractivity contribution in [1.82, 2.24) is 0 Å². The first-order valence-corrected chi connectivity index (χ1v) is 7.48. The Morgan fingerprint density at radius 1 is 0.944 bits per heavy atom. The van der Waals surface area contributed by atoms with Crippen LogP contribution in [0.1, 0.15) is 17.7 Å². The molecule has 0 aliphatic rings. The van der Waals surface area contributed by atoms with Crippen LogP contribution in [0.25, 0.3) is 0 Å². The maximum atomic E-state index is 12.4. The van der Waals surface area contributed by atoms with Crippen LogP contribution in [-0.2, 0) is 9.84 Å². The molecule has 0 bridgehead atoms. The van der Waals surface area contributed by atoms with Gasteiger partial charge in [0, 0.05) is 5.02 Å². The van der Waals surface area contributed by atoms with Crippen LogP contribution in [0.3, 0.4) is 0 Å². The van der Waals surface area contributed by atoms with E-state index in [0.717, 1.165) is 5.56 Å². The Balaban J connectivity index is 2.40. The second-order valence-corrected chi connectivity index (χ2v) is 6.76. The molecule has 0 aliphatic heterocycles. The normalized spacial score (nSPS) is 13.2. The molecule has 1 unspecified atom stereocenters. The molecule has 0 aromatic heterocycles. The fourth-order valence-corrected chi connectivity index (χ4v) is 3.30. The van der Waals surface area contributed by atoms with E-state index < -0.39 is 15.1 Å². The highest BCUT2D eigenvalue weighted by Gasteiger charge is 2.24. The number of halogens is 1. The van der Waals surface area contributed by atoms with E-state index in [4.69, 9.17) is 11.6 Å². The maximum absolute atomic E-state index is 12.4. The molecular weight excluding hydrogens is 268 g/mol. The predicted molar refractivity (Wildman–Crippen MR) is 73.5 cm³/mol. The molecule has 0 saturated carbocycles. The van der Waals surface area contributed by atoms with Gasteiger partial charge in [-0.15, -0.1) is 0 Å². The first-order chi connectivity index (χ1) is 8.51. The van der Waals surface area contributed by atoms with Crippen LogP contribution < -0.4 is 0 Å². The average Bonchev–Trinajstić information content (AvgIpc) is 2.39. The molecule has 0 saturated heterocycles. The molecule has 2 nitrogen and oxygen atoms in total. The molecule has 0 aliphatic carbocycles. The maximum Gasteiger partial charge on any atom is 0.185 e. The minimum Gasteiger partial charge on any atom is -0.223 e. The van der Waals surface area contributed by atoms with Gasteiger partial charge in [0.05, 0.1) is 10.1 Å². The zero-order valence-corrected chi connectivity index (χ0v) is 11.4. The van der Waals surface area contributed by atoms with Gasteiger partial charge >= 0.3 is 0 Å². The molecule has 2 aromatic rings. The van der Waals surface area contributed by atoms with Crippen molar-refractivity contribution < 1.29 is 8.42 Å². The summed E-state index contributed by atoms with van der Waals surface area (Å²) >= 11 is 5.76. The van der Waals surface area contributed by atoms with Crippen LogP contribution in [-0.4, -0.2) is 8.42 Å². The van der Waals surface area contributed by atoms with Gasteiger partial charge in [-0.3, -0.25) is 0 Å². The molecule has 18 heavy (non-hydrogen) atoms. The van der Waals surface area contributed by atoms with Crippen LogP contribution in [0.15, 0.2) is 59.5 Å². The molecule has 0 heterocycles. The van der Waals surface area contributed by atoms with E-state index in [1.165, 1.54) is 12.1 Å². The summed E-state index contributed by atoms with van der Waals surface area (Å²) in [5.74, 6) is 0. The Bertz CT molecular complexity index is 619. The van der Waals surface area contributed by atoms with E-state index in [-0.39, 0.29) is 0 Å². The summed E-state index contributed by atoms with van der Waals surface area (Å²) < 4.78 is 24.8. The van der Waals surface area contributed by atoms with Crippen molar-refractivity contribution in [3.8, 4) is 0 Å². The van der Waals surface area contributed by atoms with E-state index in [0.29, 0.717) is 9.92 Å². The minimum absolute atomic E-state index is 0.295. The van der Waals surface area contributed by atoms with E-state index in [2.05, 4.69) is 0 Å². The summed E-state index contributed by atoms with van der Waals surface area (Å²) in [5, 5.41) is -0.0406. The summed E-state index contributed by atoms with van der Waals surface area (Å²) in [6.07, 6.45) is 0. The first-order valence-electron chi connectivity index (χ1n) is 5.56. The van der Waals surface area contributed by atoms with Gasteiger partial charge in [0.2, 0.25) is 0 Å². The smallest absolute Gasteiger partial charge is 0.185 e. The fraction of sp³-hybridized carbons (Fsp3) is 0.143. The Hall–Kier alpha value is -1.32. The van der Waals surface area contributed by atoms with E-state index >= 15 is 0 Å². The van der Waals surface area contributed by atoms with Crippen LogP contribution in [0, 0.1) is 0 Å². The largest absolute Gasteiger partial charge is 0.223 e. The van der Waals surface area contributed by atoms with Gasteiger partial charge in [0.1, 0.15) is 0 Å². The van der Waals surface area contributed by atoms with Crippen molar-refractivity contribution in [2.24, 2.45) is 0 Å². The van der Waals surface area contributed by atoms with Crippen molar-refractivity contribution in [2.45, 2.75) is 17.1 Å². The highest BCUT2D eigenvalue weighted by atomic mass is 35.5. The fourth-order valence-electron chi connectivity index (χ4n) is 1.73. The lowest BCUT2D eigenvalue weighted by molar-refractivity contribution is 0.586. The molecule has 2 aromatic carbocycles. The lowest BCUT2D eigenvalue weighted by Gasteiger charge is -2.13. The molecule has 0 spiro atoms. The lowest BCUT2D eigenvalue weighted by atomic mass is 10.2. The summed E-state index contributed by atoms with van der Waals surface area (Å²) in [4.78, 5) is 0.295. The van der Waals surface area contributed by atoms with Crippen LogP contribution in [0.2, 0.25) is 5.02 Å². The number of hydrogen-bond donors (Lipinski definition) is 0. The highest BCUT2D eigenvalue weighted by molar-refractivity contribution is 7.91. The van der Waals surface area contributed by atoms with Crippen LogP contribution >= 0.6 is 11.6 Å². The van der Waals surface area contributed by atoms with Gasteiger partial charge in [0.15, 0.2) is 9.84 Å². The van der Waals surface area contributed by atoms with Gasteiger partial charge < -0.3 is 0 Å². The number of hydrogen-bond acceptors (Lipinski definition) is 2. The third kappa shape index (κ3) is 2.57. The molecule has 2 rings (SSSR count). The van der Waals surface area contributed by atoms with Crippen LogP contribution in [0.4, 0.5) is 0 Å². The Kier molecular flexibility index (Phi) is 3.73. The van der Waals surface area contributed by atoms with Gasteiger partial charge in [-0.2, -0.15) is 0 Å². The molecule has 94 valence electrons. The third-order valence-electron chi connectivity index (χ3n) is 2.88. The summed E-state index contributed by atoms with van der Waals surface area (Å²) in [6.45, 7) is 1.69. The minimum atomic E-state index is -3.37. The number of rotatable bonds is 3. The molecule has 0 amide bonds. The van der Waals surface area contributed by atoms with E-state index in [1.807, 2.05) is 30.3 Å². The van der Waals surface area contributed by atoms with Gasteiger partial charge in [-0.25, -0.2) is 8.42 Å². The Morgan fingerprint density at radius 2 is 1.50 bits per heavy atom. The third-order valence-corrected chi connectivity index (χ3v) is 5.26. The first kappa shape index (κ1) is 13.1. The molecule has 0 radical (unpaired) electrons. The van der Waals surface area contributed by atoms with Gasteiger partial charge in [-0.1, -0.05) is 41.9 Å². The van der Waals surface area contributed by atoms with Crippen molar-refractivity contribution in [1.29, 1.82) is 0 Å². The van der Waals surface area contributed by atoms with Crippen LogP contribution in [0.5, 0.6) is 0 Å². The number of benzene rings is 2. The number of sulfone groups is 1. The summed E-state index contributed by atoms with van der Waals surface area (Å²) in [6, 6.07) is 15.4. The van der Waals surface area contributed by atoms with E-state index in [1.54, 1.807) is 19.1 Å². The highest BCUT2D eigenvalue weighted by Crippen LogP contribution is 2.28. The second kappa shape index (κ2) is 5.12.